The summed E-state index contributed by atoms with van der Waals surface area (Å²) < 4.78 is 26.4. The summed E-state index contributed by atoms with van der Waals surface area (Å²) in [5, 5.41) is 0.597. The van der Waals surface area contributed by atoms with Crippen LogP contribution in [0.3, 0.4) is 0 Å². The molecule has 14 heavy (non-hydrogen) atoms. The fraction of sp³-hybridized carbons (Fsp3) is 0.250. The minimum atomic E-state index is -3.35. The topological polar surface area (TPSA) is 46.2 Å². The van der Waals surface area contributed by atoms with Crippen molar-refractivity contribution in [2.24, 2.45) is 0 Å². The predicted molar refractivity (Wildman–Crippen MR) is 63.1 cm³/mol. The smallest absolute Gasteiger partial charge is 0.210 e. The van der Waals surface area contributed by atoms with Gasteiger partial charge in [0.15, 0.2) is 0 Å². The van der Waals surface area contributed by atoms with Crippen molar-refractivity contribution in [3.05, 3.63) is 28.7 Å². The Hall–Kier alpha value is 0.0900. The first-order valence-electron chi connectivity index (χ1n) is 3.87. The molecule has 1 aromatic carbocycles. The molecule has 0 heterocycles. The maximum Gasteiger partial charge on any atom is 0.240 e. The molecule has 1 aromatic rings. The number of rotatable bonds is 4. The fourth-order valence-electron chi connectivity index (χ4n) is 0.890. The largest absolute Gasteiger partial charge is 0.240 e. The van der Waals surface area contributed by atoms with Crippen molar-refractivity contribution in [3.63, 3.8) is 0 Å². The van der Waals surface area contributed by atoms with Gasteiger partial charge in [-0.1, -0.05) is 37.9 Å². The van der Waals surface area contributed by atoms with Gasteiger partial charge in [-0.3, -0.25) is 0 Å². The van der Waals surface area contributed by atoms with Crippen LogP contribution >= 0.6 is 31.9 Å². The highest BCUT2D eigenvalue weighted by atomic mass is 79.9. The van der Waals surface area contributed by atoms with Gasteiger partial charge in [-0.25, -0.2) is 13.1 Å². The first-order valence-corrected chi connectivity index (χ1v) is 7.27. The third-order valence-corrected chi connectivity index (χ3v) is 3.84. The van der Waals surface area contributed by atoms with Crippen LogP contribution < -0.4 is 4.72 Å². The Balaban J connectivity index is 2.93. The lowest BCUT2D eigenvalue weighted by Gasteiger charge is -2.04. The van der Waals surface area contributed by atoms with Gasteiger partial charge in [0.05, 0.1) is 4.90 Å². The third-order valence-electron chi connectivity index (χ3n) is 1.49. The Bertz CT molecular complexity index is 406. The molecule has 0 aliphatic heterocycles. The summed E-state index contributed by atoms with van der Waals surface area (Å²) in [4.78, 5) is 0.271. The van der Waals surface area contributed by atoms with Crippen LogP contribution in [0.15, 0.2) is 33.6 Å². The van der Waals surface area contributed by atoms with Crippen LogP contribution in [0, 0.1) is 0 Å². The molecule has 0 aliphatic rings. The minimum Gasteiger partial charge on any atom is -0.210 e. The molecule has 0 saturated heterocycles. The molecule has 0 unspecified atom stereocenters. The van der Waals surface area contributed by atoms with E-state index in [1.165, 1.54) is 0 Å². The highest BCUT2D eigenvalue weighted by Gasteiger charge is 2.12. The van der Waals surface area contributed by atoms with E-state index in [2.05, 4.69) is 36.6 Å². The standard InChI is InChI=1S/C8H9Br2NO2S/c9-4-5-11-14(12,13)8-3-1-2-7(10)6-8/h1-3,6,11H,4-5H2. The van der Waals surface area contributed by atoms with Crippen molar-refractivity contribution in [1.82, 2.24) is 4.72 Å². The Morgan fingerprint density at radius 2 is 2.07 bits per heavy atom. The van der Waals surface area contributed by atoms with Gasteiger partial charge in [-0.15, -0.1) is 0 Å². The van der Waals surface area contributed by atoms with Gasteiger partial charge in [0.1, 0.15) is 0 Å². The van der Waals surface area contributed by atoms with Crippen molar-refractivity contribution < 1.29 is 8.42 Å². The fourth-order valence-corrected chi connectivity index (χ4v) is 2.98. The van der Waals surface area contributed by atoms with E-state index >= 15 is 0 Å². The van der Waals surface area contributed by atoms with Crippen molar-refractivity contribution in [1.29, 1.82) is 0 Å². The molecule has 78 valence electrons. The number of hydrogen-bond acceptors (Lipinski definition) is 2. The maximum absolute atomic E-state index is 11.6. The molecule has 0 fully saturated rings. The van der Waals surface area contributed by atoms with Crippen LogP contribution in [-0.4, -0.2) is 20.3 Å². The third kappa shape index (κ3) is 3.34. The molecular weight excluding hydrogens is 334 g/mol. The molecule has 0 atom stereocenters. The van der Waals surface area contributed by atoms with E-state index in [0.717, 1.165) is 4.47 Å². The Kier molecular flexibility index (Phi) is 4.56. The number of sulfonamides is 1. The van der Waals surface area contributed by atoms with Crippen LogP contribution in [0.1, 0.15) is 0 Å². The summed E-state index contributed by atoms with van der Waals surface area (Å²) in [6, 6.07) is 6.59. The molecule has 0 radical (unpaired) electrons. The zero-order valence-corrected chi connectivity index (χ0v) is 11.2. The van der Waals surface area contributed by atoms with E-state index in [-0.39, 0.29) is 4.90 Å². The SMILES string of the molecule is O=S(=O)(NCCBr)c1cccc(Br)c1. The van der Waals surface area contributed by atoms with Crippen LogP contribution in [-0.2, 0) is 10.0 Å². The van der Waals surface area contributed by atoms with Gasteiger partial charge in [0, 0.05) is 16.3 Å². The molecule has 0 aliphatic carbocycles. The molecule has 0 aromatic heterocycles. The van der Waals surface area contributed by atoms with E-state index in [1.807, 2.05) is 0 Å². The van der Waals surface area contributed by atoms with Crippen molar-refractivity contribution in [3.8, 4) is 0 Å². The lowest BCUT2D eigenvalue weighted by atomic mass is 10.4. The minimum absolute atomic E-state index is 0.271. The first kappa shape index (κ1) is 12.2. The van der Waals surface area contributed by atoms with E-state index in [0.29, 0.717) is 11.9 Å². The van der Waals surface area contributed by atoms with Gasteiger partial charge < -0.3 is 0 Å². The predicted octanol–water partition coefficient (Wildman–Crippen LogP) is 2.12. The van der Waals surface area contributed by atoms with E-state index in [1.54, 1.807) is 24.3 Å². The quantitative estimate of drug-likeness (QED) is 0.852. The number of hydrogen-bond donors (Lipinski definition) is 1. The van der Waals surface area contributed by atoms with E-state index < -0.39 is 10.0 Å². The summed E-state index contributed by atoms with van der Waals surface area (Å²) in [5.74, 6) is 0. The Labute approximate surface area is 100 Å². The van der Waals surface area contributed by atoms with Crippen molar-refractivity contribution in [2.75, 3.05) is 11.9 Å². The van der Waals surface area contributed by atoms with Gasteiger partial charge >= 0.3 is 0 Å². The second-order valence-electron chi connectivity index (χ2n) is 2.54. The monoisotopic (exact) mass is 341 g/mol. The van der Waals surface area contributed by atoms with Crippen LogP contribution in [0.4, 0.5) is 0 Å². The first-order chi connectivity index (χ1) is 6.56. The van der Waals surface area contributed by atoms with E-state index in [9.17, 15) is 8.42 Å². The number of benzene rings is 1. The van der Waals surface area contributed by atoms with E-state index in [4.69, 9.17) is 0 Å². The van der Waals surface area contributed by atoms with Crippen molar-refractivity contribution in [2.45, 2.75) is 4.90 Å². The number of halogens is 2. The normalized spacial score (nSPS) is 11.6. The second-order valence-corrected chi connectivity index (χ2v) is 6.02. The highest BCUT2D eigenvalue weighted by molar-refractivity contribution is 9.10. The average molecular weight is 343 g/mol. The lowest BCUT2D eigenvalue weighted by Crippen LogP contribution is -2.25. The molecule has 0 spiro atoms. The lowest BCUT2D eigenvalue weighted by molar-refractivity contribution is 0.584. The summed E-state index contributed by atoms with van der Waals surface area (Å²) in [5.41, 5.74) is 0. The van der Waals surface area contributed by atoms with Gasteiger partial charge in [0.2, 0.25) is 10.0 Å². The number of alkyl halides is 1. The molecular formula is C8H9Br2NO2S. The zero-order valence-electron chi connectivity index (χ0n) is 7.20. The molecule has 6 heteroatoms. The molecule has 0 saturated carbocycles. The van der Waals surface area contributed by atoms with Crippen LogP contribution in [0.25, 0.3) is 0 Å². The molecule has 1 N–H and O–H groups in total. The Morgan fingerprint density at radius 3 is 2.64 bits per heavy atom. The summed E-state index contributed by atoms with van der Waals surface area (Å²) in [6.45, 7) is 0.384. The summed E-state index contributed by atoms with van der Waals surface area (Å²) >= 11 is 6.37. The van der Waals surface area contributed by atoms with Crippen LogP contribution in [0.5, 0.6) is 0 Å². The molecule has 3 nitrogen and oxygen atoms in total. The van der Waals surface area contributed by atoms with Crippen LogP contribution in [0.2, 0.25) is 0 Å². The van der Waals surface area contributed by atoms with Gasteiger partial charge in [-0.2, -0.15) is 0 Å². The molecule has 0 amide bonds. The summed E-state index contributed by atoms with van der Waals surface area (Å²) in [7, 11) is -3.35. The van der Waals surface area contributed by atoms with Gasteiger partial charge in [0.25, 0.3) is 0 Å². The Morgan fingerprint density at radius 1 is 1.36 bits per heavy atom. The highest BCUT2D eigenvalue weighted by Crippen LogP contribution is 2.15. The number of nitrogens with one attached hydrogen (secondary N) is 1. The molecule has 0 bridgehead atoms. The zero-order chi connectivity index (χ0) is 10.6. The van der Waals surface area contributed by atoms with Crippen molar-refractivity contribution >= 4 is 41.9 Å². The van der Waals surface area contributed by atoms with Gasteiger partial charge in [-0.05, 0) is 18.2 Å². The second kappa shape index (κ2) is 5.25. The molecule has 1 rings (SSSR count). The summed E-state index contributed by atoms with van der Waals surface area (Å²) in [6.07, 6.45) is 0. The maximum atomic E-state index is 11.6. The average Bonchev–Trinajstić information content (AvgIpc) is 2.15.